The molecule has 1 saturated heterocycles. The number of hydrogen-bond acceptors (Lipinski definition) is 7. The second-order valence-electron chi connectivity index (χ2n) is 8.01. The summed E-state index contributed by atoms with van der Waals surface area (Å²) in [7, 11) is 3.21. The highest BCUT2D eigenvalue weighted by molar-refractivity contribution is 7.20. The van der Waals surface area contributed by atoms with Crippen LogP contribution in [-0.2, 0) is 9.59 Å². The number of anilines is 2. The number of amides is 2. The summed E-state index contributed by atoms with van der Waals surface area (Å²) in [4.78, 5) is 32.0. The van der Waals surface area contributed by atoms with Crippen molar-refractivity contribution >= 4 is 44.9 Å². The highest BCUT2D eigenvalue weighted by Crippen LogP contribution is 2.31. The van der Waals surface area contributed by atoms with Crippen LogP contribution >= 0.6 is 11.3 Å². The Morgan fingerprint density at radius 1 is 1.09 bits per heavy atom. The van der Waals surface area contributed by atoms with E-state index in [2.05, 4.69) is 15.4 Å². The molecule has 4 aromatic rings. The molecule has 3 heterocycles. The first-order valence-electron chi connectivity index (χ1n) is 10.7. The van der Waals surface area contributed by atoms with Crippen molar-refractivity contribution in [1.82, 2.24) is 14.8 Å². The lowest BCUT2D eigenvalue weighted by Crippen LogP contribution is -2.28. The zero-order valence-electron chi connectivity index (χ0n) is 18.9. The zero-order chi connectivity index (χ0) is 23.8. The third-order valence-corrected chi connectivity index (χ3v) is 6.72. The SMILES string of the molecule is COc1ccc(N2CC(C(=O)Nc3cc(C)nn3-c3nc4ccc(OC)cc4s3)CC2=O)cc1. The van der Waals surface area contributed by atoms with Gasteiger partial charge in [-0.3, -0.25) is 9.59 Å². The normalized spacial score (nSPS) is 15.7. The fraction of sp³-hybridized carbons (Fsp3) is 0.250. The number of aryl methyl sites for hydroxylation is 1. The summed E-state index contributed by atoms with van der Waals surface area (Å²) in [5.74, 6) is 1.19. The van der Waals surface area contributed by atoms with Gasteiger partial charge in [-0.25, -0.2) is 4.98 Å². The van der Waals surface area contributed by atoms with Crippen LogP contribution in [0.4, 0.5) is 11.5 Å². The van der Waals surface area contributed by atoms with Crippen LogP contribution in [0.2, 0.25) is 0 Å². The maximum atomic E-state index is 13.1. The van der Waals surface area contributed by atoms with Crippen molar-refractivity contribution in [1.29, 1.82) is 0 Å². The molecule has 1 N–H and O–H groups in total. The molecular weight excluding hydrogens is 454 g/mol. The maximum absolute atomic E-state index is 13.1. The van der Waals surface area contributed by atoms with E-state index in [4.69, 9.17) is 9.47 Å². The number of rotatable bonds is 6. The molecule has 0 saturated carbocycles. The van der Waals surface area contributed by atoms with Crippen molar-refractivity contribution in [3.63, 3.8) is 0 Å². The van der Waals surface area contributed by atoms with E-state index >= 15 is 0 Å². The Kier molecular flexibility index (Phi) is 5.66. The number of aromatic nitrogens is 3. The van der Waals surface area contributed by atoms with Gasteiger partial charge in [0, 0.05) is 24.7 Å². The Labute approximate surface area is 199 Å². The summed E-state index contributed by atoms with van der Waals surface area (Å²) in [6.07, 6.45) is 0.145. The van der Waals surface area contributed by atoms with Crippen molar-refractivity contribution in [2.24, 2.45) is 5.92 Å². The van der Waals surface area contributed by atoms with Crippen LogP contribution < -0.4 is 19.7 Å². The van der Waals surface area contributed by atoms with Crippen molar-refractivity contribution in [2.75, 3.05) is 31.0 Å². The molecule has 1 atom stereocenters. The molecule has 0 aliphatic carbocycles. The van der Waals surface area contributed by atoms with Crippen LogP contribution in [0.1, 0.15) is 12.1 Å². The van der Waals surface area contributed by atoms with Gasteiger partial charge in [-0.2, -0.15) is 9.78 Å². The minimum absolute atomic E-state index is 0.0878. The van der Waals surface area contributed by atoms with E-state index < -0.39 is 5.92 Å². The van der Waals surface area contributed by atoms with E-state index in [1.54, 1.807) is 42.0 Å². The average molecular weight is 478 g/mol. The van der Waals surface area contributed by atoms with Crippen molar-refractivity contribution < 1.29 is 19.1 Å². The number of ether oxygens (including phenoxy) is 2. The highest BCUT2D eigenvalue weighted by atomic mass is 32.1. The molecule has 2 aromatic carbocycles. The van der Waals surface area contributed by atoms with Gasteiger partial charge in [0.2, 0.25) is 16.9 Å². The van der Waals surface area contributed by atoms with Crippen LogP contribution in [0.25, 0.3) is 15.3 Å². The molecular formula is C24H23N5O4S. The Morgan fingerprint density at radius 2 is 1.82 bits per heavy atom. The van der Waals surface area contributed by atoms with Gasteiger partial charge < -0.3 is 19.7 Å². The number of thiazole rings is 1. The van der Waals surface area contributed by atoms with E-state index in [9.17, 15) is 9.59 Å². The number of hydrogen-bond donors (Lipinski definition) is 1. The van der Waals surface area contributed by atoms with Gasteiger partial charge in [-0.05, 0) is 49.4 Å². The van der Waals surface area contributed by atoms with E-state index in [0.717, 1.165) is 27.3 Å². The topological polar surface area (TPSA) is 98.6 Å². The summed E-state index contributed by atoms with van der Waals surface area (Å²) in [6.45, 7) is 2.16. The molecule has 1 aliphatic heterocycles. The number of carbonyl (C=O) groups excluding carboxylic acids is 2. The Morgan fingerprint density at radius 3 is 2.56 bits per heavy atom. The largest absolute Gasteiger partial charge is 0.497 e. The van der Waals surface area contributed by atoms with Gasteiger partial charge in [0.25, 0.3) is 0 Å². The first-order valence-corrected chi connectivity index (χ1v) is 11.5. The van der Waals surface area contributed by atoms with Gasteiger partial charge in [0.05, 0.1) is 36.0 Å². The lowest BCUT2D eigenvalue weighted by atomic mass is 10.1. The molecule has 9 nitrogen and oxygen atoms in total. The predicted molar refractivity (Wildman–Crippen MR) is 130 cm³/mol. The fourth-order valence-electron chi connectivity index (χ4n) is 3.97. The zero-order valence-corrected chi connectivity index (χ0v) is 19.8. The van der Waals surface area contributed by atoms with Crippen molar-refractivity contribution in [3.8, 4) is 16.6 Å². The Hall–Kier alpha value is -3.92. The van der Waals surface area contributed by atoms with Crippen molar-refractivity contribution in [2.45, 2.75) is 13.3 Å². The average Bonchev–Trinajstić information content (AvgIpc) is 3.54. The van der Waals surface area contributed by atoms with Gasteiger partial charge in [-0.15, -0.1) is 0 Å². The van der Waals surface area contributed by atoms with Gasteiger partial charge in [-0.1, -0.05) is 11.3 Å². The number of carbonyl (C=O) groups is 2. The van der Waals surface area contributed by atoms with E-state index in [-0.39, 0.29) is 18.2 Å². The van der Waals surface area contributed by atoms with E-state index in [0.29, 0.717) is 23.2 Å². The number of benzene rings is 2. The van der Waals surface area contributed by atoms with Crippen LogP contribution in [0.15, 0.2) is 48.5 Å². The molecule has 0 radical (unpaired) electrons. The molecule has 1 aliphatic rings. The minimum atomic E-state index is -0.474. The molecule has 34 heavy (non-hydrogen) atoms. The lowest BCUT2D eigenvalue weighted by Gasteiger charge is -2.17. The molecule has 0 spiro atoms. The number of methoxy groups -OCH3 is 2. The van der Waals surface area contributed by atoms with Crippen LogP contribution in [-0.4, -0.2) is 47.3 Å². The molecule has 2 aromatic heterocycles. The molecule has 2 amide bonds. The molecule has 1 fully saturated rings. The van der Waals surface area contributed by atoms with Crippen LogP contribution in [0.3, 0.4) is 0 Å². The summed E-state index contributed by atoms with van der Waals surface area (Å²) >= 11 is 1.45. The quantitative estimate of drug-likeness (QED) is 0.454. The fourth-order valence-corrected chi connectivity index (χ4v) is 4.93. The van der Waals surface area contributed by atoms with Gasteiger partial charge >= 0.3 is 0 Å². The summed E-state index contributed by atoms with van der Waals surface area (Å²) in [6, 6.07) is 14.7. The summed E-state index contributed by atoms with van der Waals surface area (Å²) in [5, 5.41) is 8.11. The first-order chi connectivity index (χ1) is 16.4. The number of fused-ring (bicyclic) bond motifs is 1. The summed E-state index contributed by atoms with van der Waals surface area (Å²) < 4.78 is 13.1. The highest BCUT2D eigenvalue weighted by Gasteiger charge is 2.35. The van der Waals surface area contributed by atoms with E-state index in [1.165, 1.54) is 11.3 Å². The van der Waals surface area contributed by atoms with Crippen molar-refractivity contribution in [3.05, 3.63) is 54.2 Å². The molecule has 174 valence electrons. The maximum Gasteiger partial charge on any atom is 0.230 e. The second-order valence-corrected chi connectivity index (χ2v) is 9.01. The van der Waals surface area contributed by atoms with Crippen LogP contribution in [0, 0.1) is 12.8 Å². The predicted octanol–water partition coefficient (Wildman–Crippen LogP) is 3.80. The van der Waals surface area contributed by atoms with E-state index in [1.807, 2.05) is 37.3 Å². The lowest BCUT2D eigenvalue weighted by molar-refractivity contribution is -0.122. The Bertz CT molecular complexity index is 1380. The number of nitrogens with one attached hydrogen (secondary N) is 1. The van der Waals surface area contributed by atoms with Gasteiger partial charge in [0.1, 0.15) is 17.3 Å². The minimum Gasteiger partial charge on any atom is -0.497 e. The first kappa shape index (κ1) is 21.9. The van der Waals surface area contributed by atoms with Crippen LogP contribution in [0.5, 0.6) is 11.5 Å². The van der Waals surface area contributed by atoms with Gasteiger partial charge in [0.15, 0.2) is 0 Å². The summed E-state index contributed by atoms with van der Waals surface area (Å²) in [5.41, 5.74) is 2.31. The smallest absolute Gasteiger partial charge is 0.230 e. The third-order valence-electron chi connectivity index (χ3n) is 5.73. The molecule has 10 heteroatoms. The monoisotopic (exact) mass is 477 g/mol. The standard InChI is InChI=1S/C24H23N5O4S/c1-14-10-21(29(27-14)24-25-19-9-8-18(33-3)12-20(19)34-24)26-23(31)15-11-22(30)28(13-15)16-4-6-17(32-2)7-5-16/h4-10,12,15H,11,13H2,1-3H3,(H,26,31). The molecule has 5 rings (SSSR count). The third kappa shape index (κ3) is 4.08. The number of nitrogens with zero attached hydrogens (tertiary/aromatic N) is 4. The Balaban J connectivity index is 1.35. The second kappa shape index (κ2) is 8.79. The molecule has 1 unspecified atom stereocenters. The molecule has 0 bridgehead atoms.